The van der Waals surface area contributed by atoms with Crippen LogP contribution in [0.4, 0.5) is 0 Å². The third kappa shape index (κ3) is 2.94. The summed E-state index contributed by atoms with van der Waals surface area (Å²) >= 11 is 0. The van der Waals surface area contributed by atoms with Crippen molar-refractivity contribution in [2.75, 3.05) is 33.3 Å². The van der Waals surface area contributed by atoms with Gasteiger partial charge >= 0.3 is 0 Å². The van der Waals surface area contributed by atoms with Crippen LogP contribution in [0.25, 0.3) is 0 Å². The molecule has 1 aliphatic rings. The van der Waals surface area contributed by atoms with Gasteiger partial charge in [-0.05, 0) is 6.92 Å². The van der Waals surface area contributed by atoms with Gasteiger partial charge in [0.1, 0.15) is 0 Å². The molecular formula is C9H19N3O2. The van der Waals surface area contributed by atoms with Crippen molar-refractivity contribution < 1.29 is 9.90 Å². The number of amides is 1. The third-order valence-corrected chi connectivity index (χ3v) is 2.45. The average molecular weight is 201 g/mol. The number of hydrogen-bond donors (Lipinski definition) is 3. The van der Waals surface area contributed by atoms with E-state index in [0.29, 0.717) is 19.1 Å². The molecule has 1 rings (SSSR count). The molecule has 0 aromatic carbocycles. The van der Waals surface area contributed by atoms with Gasteiger partial charge in [0.15, 0.2) is 0 Å². The molecule has 0 bridgehead atoms. The number of carbonyl (C=O) groups is 1. The largest absolute Gasteiger partial charge is 0.395 e. The van der Waals surface area contributed by atoms with E-state index >= 15 is 0 Å². The van der Waals surface area contributed by atoms with Gasteiger partial charge in [-0.1, -0.05) is 0 Å². The monoisotopic (exact) mass is 201 g/mol. The maximum atomic E-state index is 11.7. The van der Waals surface area contributed by atoms with Crippen LogP contribution in [-0.2, 0) is 4.79 Å². The van der Waals surface area contributed by atoms with Crippen LogP contribution in [0.15, 0.2) is 0 Å². The van der Waals surface area contributed by atoms with Crippen molar-refractivity contribution in [3.05, 3.63) is 0 Å². The number of piperazine rings is 1. The molecule has 1 aliphatic heterocycles. The zero-order valence-corrected chi connectivity index (χ0v) is 8.79. The van der Waals surface area contributed by atoms with Crippen molar-refractivity contribution in [2.24, 2.45) is 0 Å². The topological polar surface area (TPSA) is 64.6 Å². The first-order valence-corrected chi connectivity index (χ1v) is 4.97. The third-order valence-electron chi connectivity index (χ3n) is 2.45. The van der Waals surface area contributed by atoms with E-state index in [4.69, 9.17) is 5.11 Å². The van der Waals surface area contributed by atoms with Crippen molar-refractivity contribution in [3.8, 4) is 0 Å². The number of nitrogens with zero attached hydrogens (tertiary/aromatic N) is 1. The van der Waals surface area contributed by atoms with Crippen LogP contribution in [0.1, 0.15) is 6.92 Å². The number of aliphatic hydroxyl groups is 1. The quantitative estimate of drug-likeness (QED) is 0.514. The number of hydrogen-bond acceptors (Lipinski definition) is 4. The summed E-state index contributed by atoms with van der Waals surface area (Å²) < 4.78 is 0. The van der Waals surface area contributed by atoms with Gasteiger partial charge in [-0.3, -0.25) is 4.79 Å². The summed E-state index contributed by atoms with van der Waals surface area (Å²) in [6.45, 7) is 3.95. The smallest absolute Gasteiger partial charge is 0.240 e. The van der Waals surface area contributed by atoms with E-state index < -0.39 is 0 Å². The van der Waals surface area contributed by atoms with E-state index in [1.165, 1.54) is 0 Å². The fourth-order valence-electron chi connectivity index (χ4n) is 1.48. The second-order valence-electron chi connectivity index (χ2n) is 3.75. The van der Waals surface area contributed by atoms with Crippen LogP contribution in [0, 0.1) is 0 Å². The van der Waals surface area contributed by atoms with Crippen LogP contribution < -0.4 is 10.6 Å². The van der Waals surface area contributed by atoms with Crippen molar-refractivity contribution >= 4 is 5.91 Å². The number of aliphatic hydroxyl groups excluding tert-OH is 1. The van der Waals surface area contributed by atoms with E-state index in [1.807, 2.05) is 0 Å². The lowest BCUT2D eigenvalue weighted by atomic mass is 10.1. The maximum absolute atomic E-state index is 11.7. The normalized spacial score (nSPS) is 27.4. The predicted octanol–water partition coefficient (Wildman–Crippen LogP) is -1.61. The van der Waals surface area contributed by atoms with Crippen molar-refractivity contribution in [3.63, 3.8) is 0 Å². The van der Waals surface area contributed by atoms with E-state index in [2.05, 4.69) is 17.6 Å². The molecule has 3 N–H and O–H groups in total. The molecule has 82 valence electrons. The Bertz CT molecular complexity index is 190. The Morgan fingerprint density at radius 3 is 2.71 bits per heavy atom. The molecule has 2 atom stereocenters. The van der Waals surface area contributed by atoms with Crippen LogP contribution >= 0.6 is 0 Å². The molecule has 14 heavy (non-hydrogen) atoms. The van der Waals surface area contributed by atoms with Crippen molar-refractivity contribution in [2.45, 2.75) is 19.0 Å². The summed E-state index contributed by atoms with van der Waals surface area (Å²) in [5, 5.41) is 15.1. The lowest BCUT2D eigenvalue weighted by Gasteiger charge is -2.30. The molecule has 2 unspecified atom stereocenters. The first-order chi connectivity index (χ1) is 6.65. The van der Waals surface area contributed by atoms with Gasteiger partial charge < -0.3 is 20.6 Å². The molecule has 1 saturated heterocycles. The molecular weight excluding hydrogens is 182 g/mol. The Morgan fingerprint density at radius 1 is 1.50 bits per heavy atom. The molecule has 0 saturated carbocycles. The highest BCUT2D eigenvalue weighted by atomic mass is 16.3. The standard InChI is InChI=1S/C9H19N3O2/c1-7-5-11-8(6-10-7)9(14)12(2)3-4-13/h7-8,10-11,13H,3-6H2,1-2H3. The van der Waals surface area contributed by atoms with E-state index in [9.17, 15) is 4.79 Å². The summed E-state index contributed by atoms with van der Waals surface area (Å²) in [7, 11) is 1.71. The molecule has 1 amide bonds. The summed E-state index contributed by atoms with van der Waals surface area (Å²) in [6, 6.07) is 0.268. The Kier molecular flexibility index (Phi) is 4.31. The molecule has 0 spiro atoms. The van der Waals surface area contributed by atoms with Crippen molar-refractivity contribution in [1.82, 2.24) is 15.5 Å². The van der Waals surface area contributed by atoms with Gasteiger partial charge in [-0.25, -0.2) is 0 Å². The molecule has 1 heterocycles. The zero-order valence-electron chi connectivity index (χ0n) is 8.79. The summed E-state index contributed by atoms with van der Waals surface area (Å²) in [5.41, 5.74) is 0. The molecule has 0 aromatic rings. The van der Waals surface area contributed by atoms with Crippen LogP contribution in [0.5, 0.6) is 0 Å². The van der Waals surface area contributed by atoms with Gasteiger partial charge in [0.25, 0.3) is 0 Å². The fourth-order valence-corrected chi connectivity index (χ4v) is 1.48. The molecule has 1 fully saturated rings. The summed E-state index contributed by atoms with van der Waals surface area (Å²) in [4.78, 5) is 13.3. The summed E-state index contributed by atoms with van der Waals surface area (Å²) in [5.74, 6) is 0.0402. The fraction of sp³-hybridized carbons (Fsp3) is 0.889. The van der Waals surface area contributed by atoms with Crippen LogP contribution in [0.3, 0.4) is 0 Å². The number of nitrogens with one attached hydrogen (secondary N) is 2. The Balaban J connectivity index is 2.37. The molecule has 0 radical (unpaired) electrons. The van der Waals surface area contributed by atoms with E-state index in [0.717, 1.165) is 6.54 Å². The molecule has 5 heteroatoms. The van der Waals surface area contributed by atoms with Gasteiger partial charge in [0.05, 0.1) is 12.6 Å². The van der Waals surface area contributed by atoms with Gasteiger partial charge in [-0.15, -0.1) is 0 Å². The van der Waals surface area contributed by atoms with Crippen LogP contribution in [0.2, 0.25) is 0 Å². The van der Waals surface area contributed by atoms with Gasteiger partial charge in [0.2, 0.25) is 5.91 Å². The maximum Gasteiger partial charge on any atom is 0.240 e. The van der Waals surface area contributed by atoms with Crippen LogP contribution in [-0.4, -0.2) is 61.3 Å². The number of likely N-dealkylation sites (N-methyl/N-ethyl adjacent to an activating group) is 1. The Labute approximate surface area is 84.5 Å². The number of carbonyl (C=O) groups excluding carboxylic acids is 1. The first kappa shape index (κ1) is 11.4. The Hall–Kier alpha value is -0.650. The highest BCUT2D eigenvalue weighted by Gasteiger charge is 2.25. The SMILES string of the molecule is CC1CNC(C(=O)N(C)CCO)CN1. The molecule has 0 aliphatic carbocycles. The number of rotatable bonds is 3. The minimum Gasteiger partial charge on any atom is -0.395 e. The minimum atomic E-state index is -0.150. The van der Waals surface area contributed by atoms with E-state index in [-0.39, 0.29) is 18.6 Å². The minimum absolute atomic E-state index is 0.0127. The Morgan fingerprint density at radius 2 is 2.21 bits per heavy atom. The van der Waals surface area contributed by atoms with Crippen molar-refractivity contribution in [1.29, 1.82) is 0 Å². The molecule has 5 nitrogen and oxygen atoms in total. The molecule has 0 aromatic heterocycles. The second kappa shape index (κ2) is 5.29. The lowest BCUT2D eigenvalue weighted by Crippen LogP contribution is -2.59. The second-order valence-corrected chi connectivity index (χ2v) is 3.75. The van der Waals surface area contributed by atoms with E-state index in [1.54, 1.807) is 11.9 Å². The highest BCUT2D eigenvalue weighted by molar-refractivity contribution is 5.82. The average Bonchev–Trinajstić information content (AvgIpc) is 2.18. The van der Waals surface area contributed by atoms with Gasteiger partial charge in [-0.2, -0.15) is 0 Å². The summed E-state index contributed by atoms with van der Waals surface area (Å²) in [6.07, 6.45) is 0. The highest BCUT2D eigenvalue weighted by Crippen LogP contribution is 1.97. The predicted molar refractivity (Wildman–Crippen MR) is 54.0 cm³/mol. The van der Waals surface area contributed by atoms with Gasteiger partial charge in [0, 0.05) is 32.7 Å². The lowest BCUT2D eigenvalue weighted by molar-refractivity contribution is -0.132. The zero-order chi connectivity index (χ0) is 10.6. The first-order valence-electron chi connectivity index (χ1n) is 4.97.